The first-order chi connectivity index (χ1) is 26.7. The van der Waals surface area contributed by atoms with E-state index in [1.165, 1.54) is 57.8 Å². The van der Waals surface area contributed by atoms with Crippen LogP contribution in [0.15, 0.2) is 60.8 Å². The van der Waals surface area contributed by atoms with Gasteiger partial charge >= 0.3 is 19.8 Å². The van der Waals surface area contributed by atoms with Crippen LogP contribution in [0.2, 0.25) is 0 Å². The maximum atomic E-state index is 12.6. The molecule has 0 aliphatic heterocycles. The van der Waals surface area contributed by atoms with Crippen LogP contribution in [-0.2, 0) is 32.7 Å². The summed E-state index contributed by atoms with van der Waals surface area (Å²) in [5.41, 5.74) is 5.35. The van der Waals surface area contributed by atoms with Gasteiger partial charge < -0.3 is 25.2 Å². The summed E-state index contributed by atoms with van der Waals surface area (Å²) in [5, 5.41) is 8.89. The molecule has 3 atom stereocenters. The Balaban J connectivity index is 4.28. The molecule has 11 heteroatoms. The van der Waals surface area contributed by atoms with Crippen molar-refractivity contribution in [1.29, 1.82) is 0 Å². The first-order valence-electron chi connectivity index (χ1n) is 21.3. The molecule has 4 N–H and O–H groups in total. The van der Waals surface area contributed by atoms with Crippen LogP contribution >= 0.6 is 7.82 Å². The Morgan fingerprint density at radius 2 is 1.05 bits per heavy atom. The quantitative estimate of drug-likeness (QED) is 0.0236. The molecule has 0 amide bonds. The van der Waals surface area contributed by atoms with Crippen molar-refractivity contribution in [1.82, 2.24) is 0 Å². The predicted molar refractivity (Wildman–Crippen MR) is 226 cm³/mol. The minimum atomic E-state index is -4.62. The lowest BCUT2D eigenvalue weighted by Crippen LogP contribution is -2.34. The second-order valence-corrected chi connectivity index (χ2v) is 15.5. The van der Waals surface area contributed by atoms with E-state index in [9.17, 15) is 19.0 Å². The van der Waals surface area contributed by atoms with E-state index in [1.54, 1.807) is 0 Å². The lowest BCUT2D eigenvalue weighted by molar-refractivity contribution is -0.154. The summed E-state index contributed by atoms with van der Waals surface area (Å²) in [7, 11) is -4.62. The highest BCUT2D eigenvalue weighted by Gasteiger charge is 2.27. The fourth-order valence-corrected chi connectivity index (χ4v) is 6.25. The van der Waals surface area contributed by atoms with Gasteiger partial charge in [-0.1, -0.05) is 145 Å². The lowest BCUT2D eigenvalue weighted by Gasteiger charge is -2.20. The molecule has 3 unspecified atom stereocenters. The number of rotatable bonds is 40. The summed E-state index contributed by atoms with van der Waals surface area (Å²) in [6.07, 6.45) is 47.0. The first-order valence-corrected chi connectivity index (χ1v) is 22.8. The number of aliphatic carboxylic acids is 1. The van der Waals surface area contributed by atoms with Crippen molar-refractivity contribution in [2.24, 2.45) is 5.73 Å². The monoisotopic (exact) mass is 796 g/mol. The van der Waals surface area contributed by atoms with Gasteiger partial charge in [-0.15, -0.1) is 0 Å². The van der Waals surface area contributed by atoms with Gasteiger partial charge in [0, 0.05) is 13.0 Å². The zero-order chi connectivity index (χ0) is 40.5. The van der Waals surface area contributed by atoms with Gasteiger partial charge in [0.05, 0.1) is 19.8 Å². The highest BCUT2D eigenvalue weighted by Crippen LogP contribution is 2.43. The Morgan fingerprint density at radius 1 is 0.600 bits per heavy atom. The minimum absolute atomic E-state index is 0.00326. The number of ether oxygens (including phenoxy) is 2. The van der Waals surface area contributed by atoms with Crippen LogP contribution < -0.4 is 5.73 Å². The van der Waals surface area contributed by atoms with Crippen molar-refractivity contribution in [3.05, 3.63) is 60.8 Å². The Labute approximate surface area is 334 Å². The third-order valence-corrected chi connectivity index (χ3v) is 9.73. The van der Waals surface area contributed by atoms with E-state index >= 15 is 0 Å². The molecule has 0 heterocycles. The van der Waals surface area contributed by atoms with Crippen molar-refractivity contribution < 1.29 is 42.7 Å². The number of phosphoric acid groups is 1. The molecule has 0 saturated heterocycles. The summed E-state index contributed by atoms with van der Waals surface area (Å²) in [4.78, 5) is 33.5. The fourth-order valence-electron chi connectivity index (χ4n) is 5.47. The normalized spacial score (nSPS) is 14.5. The number of carbonyl (C=O) groups is 2. The molecule has 0 aromatic rings. The van der Waals surface area contributed by atoms with Crippen LogP contribution in [0, 0.1) is 0 Å². The molecule has 0 aromatic heterocycles. The largest absolute Gasteiger partial charge is 0.480 e. The molecule has 0 aromatic carbocycles. The van der Waals surface area contributed by atoms with Crippen LogP contribution in [0.1, 0.15) is 168 Å². The number of hydrogen-bond acceptors (Lipinski definition) is 8. The Hall–Kier alpha value is -2.33. The fraction of sp³-hybridized carbons (Fsp3) is 0.727. The Kier molecular flexibility index (Phi) is 38.2. The SMILES string of the molecule is CC/C=C\C/C=C\C/C=C\CCCCCCCC(=O)OC(COCCCCCCCCCC/C=C\C/C=C\CCCCC)COP(=O)(O)OCC(N)C(=O)O. The van der Waals surface area contributed by atoms with Crippen molar-refractivity contribution in [2.75, 3.05) is 26.4 Å². The average molecular weight is 796 g/mol. The topological polar surface area (TPSA) is 155 Å². The van der Waals surface area contributed by atoms with E-state index in [1.807, 2.05) is 0 Å². The molecule has 0 aliphatic rings. The van der Waals surface area contributed by atoms with Gasteiger partial charge in [0.1, 0.15) is 12.1 Å². The number of phosphoric ester groups is 1. The first kappa shape index (κ1) is 52.7. The molecule has 10 nitrogen and oxygen atoms in total. The van der Waals surface area contributed by atoms with Crippen molar-refractivity contribution in [3.63, 3.8) is 0 Å². The van der Waals surface area contributed by atoms with Gasteiger partial charge in [0.25, 0.3) is 0 Å². The average Bonchev–Trinajstić information content (AvgIpc) is 3.16. The van der Waals surface area contributed by atoms with E-state index in [-0.39, 0.29) is 13.0 Å². The van der Waals surface area contributed by atoms with Gasteiger partial charge in [-0.05, 0) is 77.0 Å². The molecule has 0 fully saturated rings. The minimum Gasteiger partial charge on any atom is -0.480 e. The standard InChI is InChI=1S/C44H78NO9P/c1-3-5-7-9-11-13-15-17-19-20-21-23-25-27-29-31-33-35-37-51-38-41(39-52-55(49,50)53-40-42(45)44(47)48)54-43(46)36-34-32-30-28-26-24-22-18-16-14-12-10-8-6-4-2/h6,8,11-14,17-19,22,41-42H,3-5,7,9-10,15-16,20-21,23-40,45H2,1-2H3,(H,47,48)(H,49,50)/b8-6-,13-11-,14-12-,19-17-,22-18-. The smallest absolute Gasteiger partial charge is 0.472 e. The number of esters is 1. The van der Waals surface area contributed by atoms with Gasteiger partial charge in [0.2, 0.25) is 0 Å². The van der Waals surface area contributed by atoms with Crippen molar-refractivity contribution in [2.45, 2.75) is 180 Å². The predicted octanol–water partition coefficient (Wildman–Crippen LogP) is 11.6. The zero-order valence-electron chi connectivity index (χ0n) is 34.5. The second-order valence-electron chi connectivity index (χ2n) is 14.1. The second kappa shape index (κ2) is 39.9. The number of hydrogen-bond donors (Lipinski definition) is 3. The number of nitrogens with two attached hydrogens (primary N) is 1. The van der Waals surface area contributed by atoms with Crippen LogP contribution in [0.5, 0.6) is 0 Å². The summed E-state index contributed by atoms with van der Waals surface area (Å²) in [6.45, 7) is 3.70. The number of carboxylic acid groups (broad SMARTS) is 1. The summed E-state index contributed by atoms with van der Waals surface area (Å²) < 4.78 is 33.3. The van der Waals surface area contributed by atoms with Crippen LogP contribution in [0.4, 0.5) is 0 Å². The van der Waals surface area contributed by atoms with Gasteiger partial charge in [-0.3, -0.25) is 18.6 Å². The van der Waals surface area contributed by atoms with Crippen LogP contribution in [0.3, 0.4) is 0 Å². The zero-order valence-corrected chi connectivity index (χ0v) is 35.4. The number of allylic oxidation sites excluding steroid dienone is 10. The maximum Gasteiger partial charge on any atom is 0.472 e. The maximum absolute atomic E-state index is 12.6. The third-order valence-electron chi connectivity index (χ3n) is 8.78. The van der Waals surface area contributed by atoms with Crippen LogP contribution in [0.25, 0.3) is 0 Å². The van der Waals surface area contributed by atoms with Gasteiger partial charge in [-0.2, -0.15) is 0 Å². The molecule has 318 valence electrons. The van der Waals surface area contributed by atoms with Gasteiger partial charge in [-0.25, -0.2) is 4.57 Å². The molecule has 0 radical (unpaired) electrons. The highest BCUT2D eigenvalue weighted by atomic mass is 31.2. The number of carboxylic acids is 1. The van der Waals surface area contributed by atoms with Crippen molar-refractivity contribution >= 4 is 19.8 Å². The van der Waals surface area contributed by atoms with E-state index in [2.05, 4.69) is 74.6 Å². The molecule has 0 rings (SSSR count). The summed E-state index contributed by atoms with van der Waals surface area (Å²) in [5.74, 6) is -1.80. The molecule has 0 bridgehead atoms. The van der Waals surface area contributed by atoms with Gasteiger partial charge in [0.15, 0.2) is 0 Å². The molecule has 0 aliphatic carbocycles. The molecule has 0 saturated carbocycles. The van der Waals surface area contributed by atoms with E-state index < -0.39 is 45.1 Å². The van der Waals surface area contributed by atoms with E-state index in [0.717, 1.165) is 83.5 Å². The molecule has 55 heavy (non-hydrogen) atoms. The Morgan fingerprint density at radius 3 is 1.58 bits per heavy atom. The highest BCUT2D eigenvalue weighted by molar-refractivity contribution is 7.47. The number of unbranched alkanes of at least 4 members (excludes halogenated alkanes) is 16. The molecule has 0 spiro atoms. The summed E-state index contributed by atoms with van der Waals surface area (Å²) >= 11 is 0. The van der Waals surface area contributed by atoms with E-state index in [4.69, 9.17) is 29.4 Å². The summed E-state index contributed by atoms with van der Waals surface area (Å²) in [6, 6.07) is -1.48. The number of carbonyl (C=O) groups excluding carboxylic acids is 1. The lowest BCUT2D eigenvalue weighted by atomic mass is 10.1. The van der Waals surface area contributed by atoms with Crippen molar-refractivity contribution in [3.8, 4) is 0 Å². The molecular weight excluding hydrogens is 717 g/mol. The third kappa shape index (κ3) is 39.7. The molecular formula is C44H78NO9P. The Bertz CT molecular complexity index is 1100. The van der Waals surface area contributed by atoms with E-state index in [0.29, 0.717) is 13.0 Å². The van der Waals surface area contributed by atoms with Crippen LogP contribution in [-0.4, -0.2) is 60.5 Å².